The molecule has 0 unspecified atom stereocenters. The number of nitro groups is 1. The molecule has 2 aromatic rings. The first kappa shape index (κ1) is 18.3. The Morgan fingerprint density at radius 2 is 1.88 bits per heavy atom. The largest absolute Gasteiger partial charge is 0.506 e. The van der Waals surface area contributed by atoms with Crippen molar-refractivity contribution in [2.75, 3.05) is 10.6 Å². The number of hydrogen-bond acceptors (Lipinski definition) is 4. The fourth-order valence-electron chi connectivity index (χ4n) is 1.85. The Kier molecular flexibility index (Phi) is 5.02. The second-order valence-corrected chi connectivity index (χ2v) is 5.14. The van der Waals surface area contributed by atoms with Gasteiger partial charge in [0.2, 0.25) is 0 Å². The fourth-order valence-corrected chi connectivity index (χ4v) is 2.08. The summed E-state index contributed by atoms with van der Waals surface area (Å²) in [7, 11) is 0. The van der Waals surface area contributed by atoms with E-state index in [2.05, 4.69) is 10.6 Å². The van der Waals surface area contributed by atoms with Crippen LogP contribution in [0.1, 0.15) is 5.56 Å². The van der Waals surface area contributed by atoms with E-state index in [1.165, 1.54) is 6.07 Å². The van der Waals surface area contributed by atoms with Crippen molar-refractivity contribution in [2.45, 2.75) is 6.18 Å². The van der Waals surface area contributed by atoms with Gasteiger partial charge >= 0.3 is 12.2 Å². The van der Waals surface area contributed by atoms with E-state index in [1.807, 2.05) is 0 Å². The summed E-state index contributed by atoms with van der Waals surface area (Å²) < 4.78 is 37.9. The first-order chi connectivity index (χ1) is 11.6. The van der Waals surface area contributed by atoms with Crippen LogP contribution in [0.15, 0.2) is 36.4 Å². The van der Waals surface area contributed by atoms with E-state index in [4.69, 9.17) is 11.6 Å². The number of halogens is 4. The van der Waals surface area contributed by atoms with Crippen LogP contribution in [-0.4, -0.2) is 16.1 Å². The Morgan fingerprint density at radius 1 is 1.20 bits per heavy atom. The Morgan fingerprint density at radius 3 is 2.48 bits per heavy atom. The molecule has 0 saturated heterocycles. The molecule has 0 bridgehead atoms. The summed E-state index contributed by atoms with van der Waals surface area (Å²) in [5, 5.41) is 24.3. The maximum Gasteiger partial charge on any atom is 0.416 e. The van der Waals surface area contributed by atoms with E-state index >= 15 is 0 Å². The molecule has 2 rings (SSSR count). The van der Waals surface area contributed by atoms with E-state index in [-0.39, 0.29) is 16.4 Å². The van der Waals surface area contributed by atoms with Gasteiger partial charge in [0.05, 0.1) is 22.2 Å². The molecular formula is C14H9ClF3N3O4. The first-order valence-corrected chi connectivity index (χ1v) is 6.88. The summed E-state index contributed by atoms with van der Waals surface area (Å²) >= 11 is 5.66. The summed E-state index contributed by atoms with van der Waals surface area (Å²) in [5.41, 5.74) is -1.91. The fraction of sp³-hybridized carbons (Fsp3) is 0.0714. The van der Waals surface area contributed by atoms with E-state index in [1.54, 1.807) is 0 Å². The topological polar surface area (TPSA) is 104 Å². The van der Waals surface area contributed by atoms with Crippen LogP contribution >= 0.6 is 11.6 Å². The highest BCUT2D eigenvalue weighted by atomic mass is 35.5. The third-order valence-electron chi connectivity index (χ3n) is 2.96. The molecule has 7 nitrogen and oxygen atoms in total. The summed E-state index contributed by atoms with van der Waals surface area (Å²) in [4.78, 5) is 21.7. The zero-order valence-corrected chi connectivity index (χ0v) is 12.9. The number of anilines is 2. The van der Waals surface area contributed by atoms with Crippen molar-refractivity contribution in [1.82, 2.24) is 0 Å². The highest BCUT2D eigenvalue weighted by molar-refractivity contribution is 6.33. The average Bonchev–Trinajstić information content (AvgIpc) is 2.49. The lowest BCUT2D eigenvalue weighted by atomic mass is 10.2. The number of nitro benzene ring substituents is 1. The van der Waals surface area contributed by atoms with E-state index in [0.717, 1.165) is 30.3 Å². The predicted octanol–water partition coefficient (Wildman–Crippen LogP) is 4.62. The number of hydrogen-bond donors (Lipinski definition) is 3. The molecule has 25 heavy (non-hydrogen) atoms. The average molecular weight is 376 g/mol. The highest BCUT2D eigenvalue weighted by Gasteiger charge is 2.30. The van der Waals surface area contributed by atoms with E-state index < -0.39 is 34.1 Å². The smallest absolute Gasteiger partial charge is 0.416 e. The number of phenolic OH excluding ortho intramolecular Hbond substituents is 1. The van der Waals surface area contributed by atoms with Crippen LogP contribution in [-0.2, 0) is 6.18 Å². The standard InChI is InChI=1S/C14H9ClF3N3O4/c15-9-5-10(12(22)6-11(9)21(24)25)20-13(23)19-8-3-1-2-7(4-8)14(16,17)18/h1-6,22H,(H2,19,20,23). The van der Waals surface area contributed by atoms with Crippen LogP contribution in [0.3, 0.4) is 0 Å². The zero-order valence-electron chi connectivity index (χ0n) is 12.1. The lowest BCUT2D eigenvalue weighted by molar-refractivity contribution is -0.384. The second-order valence-electron chi connectivity index (χ2n) is 4.74. The molecule has 0 heterocycles. The molecule has 11 heteroatoms. The third kappa shape index (κ3) is 4.51. The maximum atomic E-state index is 12.6. The van der Waals surface area contributed by atoms with Gasteiger partial charge in [0.1, 0.15) is 10.8 Å². The summed E-state index contributed by atoms with van der Waals surface area (Å²) in [5.74, 6) is -0.629. The molecule has 0 aliphatic carbocycles. The van der Waals surface area contributed by atoms with Gasteiger partial charge in [-0.25, -0.2) is 4.79 Å². The maximum absolute atomic E-state index is 12.6. The minimum absolute atomic E-state index is 0.139. The Bertz CT molecular complexity index is 843. The number of carbonyl (C=O) groups excluding carboxylic acids is 1. The Labute approximate surface area is 143 Å². The number of rotatable bonds is 3. The van der Waals surface area contributed by atoms with Gasteiger partial charge in [0.15, 0.2) is 0 Å². The number of nitrogens with zero attached hydrogens (tertiary/aromatic N) is 1. The molecule has 0 spiro atoms. The lowest BCUT2D eigenvalue weighted by Gasteiger charge is -2.11. The summed E-state index contributed by atoms with van der Waals surface area (Å²) in [6, 6.07) is 4.62. The number of aromatic hydroxyl groups is 1. The van der Waals surface area contributed by atoms with Gasteiger partial charge in [-0.3, -0.25) is 10.1 Å². The SMILES string of the molecule is O=C(Nc1cccc(C(F)(F)F)c1)Nc1cc(Cl)c([N+](=O)[O-])cc1O. The van der Waals surface area contributed by atoms with Crippen molar-refractivity contribution in [3.63, 3.8) is 0 Å². The van der Waals surface area contributed by atoms with Gasteiger partial charge < -0.3 is 15.7 Å². The molecule has 132 valence electrons. The monoisotopic (exact) mass is 375 g/mol. The number of amides is 2. The first-order valence-electron chi connectivity index (χ1n) is 6.50. The van der Waals surface area contributed by atoms with Crippen LogP contribution < -0.4 is 10.6 Å². The lowest BCUT2D eigenvalue weighted by Crippen LogP contribution is -2.20. The normalized spacial score (nSPS) is 11.0. The van der Waals surface area contributed by atoms with Crippen LogP contribution in [0.4, 0.5) is 35.0 Å². The van der Waals surface area contributed by atoms with Crippen molar-refractivity contribution in [3.8, 4) is 5.75 Å². The van der Waals surface area contributed by atoms with Gasteiger partial charge in [-0.1, -0.05) is 17.7 Å². The zero-order chi connectivity index (χ0) is 18.8. The van der Waals surface area contributed by atoms with Crippen molar-refractivity contribution < 1.29 is 28.0 Å². The molecule has 0 aliphatic heterocycles. The Hall–Kier alpha value is -3.01. The molecule has 0 aromatic heterocycles. The molecule has 0 atom stereocenters. The number of alkyl halides is 3. The second kappa shape index (κ2) is 6.85. The van der Waals surface area contributed by atoms with Crippen molar-refractivity contribution >= 4 is 34.7 Å². The van der Waals surface area contributed by atoms with Gasteiger partial charge in [-0.2, -0.15) is 13.2 Å². The van der Waals surface area contributed by atoms with Gasteiger partial charge in [0, 0.05) is 5.69 Å². The number of carbonyl (C=O) groups is 1. The van der Waals surface area contributed by atoms with Crippen molar-refractivity contribution in [2.24, 2.45) is 0 Å². The third-order valence-corrected chi connectivity index (χ3v) is 3.26. The van der Waals surface area contributed by atoms with Crippen molar-refractivity contribution in [1.29, 1.82) is 0 Å². The number of nitrogens with one attached hydrogen (secondary N) is 2. The Balaban J connectivity index is 2.16. The molecule has 0 aliphatic rings. The van der Waals surface area contributed by atoms with E-state index in [9.17, 15) is 33.2 Å². The highest BCUT2D eigenvalue weighted by Crippen LogP contribution is 2.35. The van der Waals surface area contributed by atoms with Crippen LogP contribution in [0, 0.1) is 10.1 Å². The molecule has 3 N–H and O–H groups in total. The van der Waals surface area contributed by atoms with Crippen LogP contribution in [0.25, 0.3) is 0 Å². The molecule has 0 saturated carbocycles. The molecule has 0 fully saturated rings. The van der Waals surface area contributed by atoms with Crippen LogP contribution in [0.5, 0.6) is 5.75 Å². The van der Waals surface area contributed by atoms with Crippen molar-refractivity contribution in [3.05, 3.63) is 57.1 Å². The number of benzene rings is 2. The molecule has 0 radical (unpaired) electrons. The molecular weight excluding hydrogens is 367 g/mol. The van der Waals surface area contributed by atoms with Gasteiger partial charge in [-0.15, -0.1) is 0 Å². The molecule has 2 amide bonds. The minimum atomic E-state index is -4.57. The number of phenols is 1. The summed E-state index contributed by atoms with van der Waals surface area (Å²) in [6.45, 7) is 0. The minimum Gasteiger partial charge on any atom is -0.506 e. The predicted molar refractivity (Wildman–Crippen MR) is 83.9 cm³/mol. The summed E-state index contributed by atoms with van der Waals surface area (Å²) in [6.07, 6.45) is -4.57. The van der Waals surface area contributed by atoms with Gasteiger partial charge in [0.25, 0.3) is 5.69 Å². The van der Waals surface area contributed by atoms with Crippen LogP contribution in [0.2, 0.25) is 5.02 Å². The van der Waals surface area contributed by atoms with E-state index in [0.29, 0.717) is 0 Å². The number of urea groups is 1. The quantitative estimate of drug-likeness (QED) is 0.413. The molecule has 2 aromatic carbocycles. The van der Waals surface area contributed by atoms with Gasteiger partial charge in [-0.05, 0) is 24.3 Å².